The largest absolute Gasteiger partial charge is 0.464 e. The van der Waals surface area contributed by atoms with Crippen LogP contribution in [0.15, 0.2) is 0 Å². The minimum Gasteiger partial charge on any atom is -0.464 e. The van der Waals surface area contributed by atoms with Gasteiger partial charge < -0.3 is 19.5 Å². The Labute approximate surface area is 158 Å². The van der Waals surface area contributed by atoms with E-state index in [-0.39, 0.29) is 25.9 Å². The predicted molar refractivity (Wildman–Crippen MR) is 92.9 cm³/mol. The van der Waals surface area contributed by atoms with Crippen LogP contribution in [-0.2, 0) is 28.6 Å². The second-order valence-corrected chi connectivity index (χ2v) is 6.61. The van der Waals surface area contributed by atoms with Crippen LogP contribution in [-0.4, -0.2) is 53.8 Å². The molecule has 0 spiro atoms. The van der Waals surface area contributed by atoms with Gasteiger partial charge in [-0.15, -0.1) is 0 Å². The van der Waals surface area contributed by atoms with Crippen molar-refractivity contribution in [1.29, 1.82) is 5.53 Å². The second-order valence-electron chi connectivity index (χ2n) is 6.61. The Morgan fingerprint density at radius 3 is 2.26 bits per heavy atom. The van der Waals surface area contributed by atoms with Crippen LogP contribution in [0.1, 0.15) is 53.9 Å². The molecule has 0 saturated heterocycles. The normalized spacial score (nSPS) is 12.8. The minimum absolute atomic E-state index is 0.0582. The molecule has 0 heterocycles. The highest BCUT2D eigenvalue weighted by Gasteiger charge is 2.29. The van der Waals surface area contributed by atoms with Crippen molar-refractivity contribution < 1.29 is 38.2 Å². The molecule has 2 N–H and O–H groups in total. The van der Waals surface area contributed by atoms with E-state index < -0.39 is 41.6 Å². The Morgan fingerprint density at radius 1 is 1.15 bits per heavy atom. The van der Waals surface area contributed by atoms with E-state index in [2.05, 4.69) is 10.1 Å². The van der Waals surface area contributed by atoms with Gasteiger partial charge in [0.25, 0.3) is 0 Å². The smallest absolute Gasteiger partial charge is 0.410 e. The number of ether oxygens (including phenoxy) is 3. The van der Waals surface area contributed by atoms with Crippen molar-refractivity contribution in [3.63, 3.8) is 0 Å². The Morgan fingerprint density at radius 2 is 1.78 bits per heavy atom. The Kier molecular flexibility index (Phi) is 10.6. The Balaban J connectivity index is 4.89. The zero-order chi connectivity index (χ0) is 21.0. The summed E-state index contributed by atoms with van der Waals surface area (Å²) in [5.41, 5.74) is 5.84. The Hall–Kier alpha value is -2.74. The number of carbonyl (C=O) groups excluding carboxylic acids is 4. The number of nitrogens with one attached hydrogen (secondary N) is 2. The first kappa shape index (κ1) is 24.3. The second kappa shape index (κ2) is 11.8. The van der Waals surface area contributed by atoms with Gasteiger partial charge in [-0.3, -0.25) is 9.59 Å². The molecule has 2 atom stereocenters. The van der Waals surface area contributed by atoms with E-state index in [1.165, 1.54) is 0 Å². The van der Waals surface area contributed by atoms with E-state index in [0.29, 0.717) is 0 Å². The van der Waals surface area contributed by atoms with Gasteiger partial charge in [0.05, 0.1) is 22.3 Å². The van der Waals surface area contributed by atoms with E-state index in [4.69, 9.17) is 19.7 Å². The van der Waals surface area contributed by atoms with Gasteiger partial charge in [0, 0.05) is 12.8 Å². The van der Waals surface area contributed by atoms with Gasteiger partial charge in [0.15, 0.2) is 0 Å². The SMILES string of the molecule is CCOC(=O)[C@H](CCC(=O)C=[N+]=N)NC(=O)OC(CC)OC(=O)C(C)(C)C. The summed E-state index contributed by atoms with van der Waals surface area (Å²) in [6, 6.07) is -1.13. The summed E-state index contributed by atoms with van der Waals surface area (Å²) in [7, 11) is 0. The van der Waals surface area contributed by atoms with Gasteiger partial charge in [-0.1, -0.05) is 6.92 Å². The number of amides is 1. The number of hydrogen-bond acceptors (Lipinski definition) is 8. The summed E-state index contributed by atoms with van der Waals surface area (Å²) in [5.74, 6) is -1.74. The lowest BCUT2D eigenvalue weighted by atomic mass is 9.97. The number of ketones is 1. The molecule has 0 aliphatic heterocycles. The van der Waals surface area contributed by atoms with Crippen molar-refractivity contribution in [3.05, 3.63) is 0 Å². The van der Waals surface area contributed by atoms with Gasteiger partial charge in [-0.25, -0.2) is 9.59 Å². The molecule has 0 aliphatic rings. The maximum atomic E-state index is 12.1. The molecule has 27 heavy (non-hydrogen) atoms. The molecule has 1 unspecified atom stereocenters. The molecule has 152 valence electrons. The van der Waals surface area contributed by atoms with Crippen LogP contribution in [0, 0.1) is 10.9 Å². The summed E-state index contributed by atoms with van der Waals surface area (Å²) < 4.78 is 15.0. The molecule has 0 radical (unpaired) electrons. The summed E-state index contributed by atoms with van der Waals surface area (Å²) in [6.45, 7) is 8.34. The van der Waals surface area contributed by atoms with Crippen molar-refractivity contribution in [1.82, 2.24) is 5.32 Å². The van der Waals surface area contributed by atoms with Gasteiger partial charge in [-0.2, -0.15) is 0 Å². The van der Waals surface area contributed by atoms with E-state index in [9.17, 15) is 19.2 Å². The molecule has 0 bridgehead atoms. The monoisotopic (exact) mass is 386 g/mol. The zero-order valence-corrected chi connectivity index (χ0v) is 16.4. The summed E-state index contributed by atoms with van der Waals surface area (Å²) in [4.78, 5) is 50.2. The number of nitrogens with zero attached hydrogens (tertiary/aromatic N) is 1. The lowest BCUT2D eigenvalue weighted by molar-refractivity contribution is -0.178. The third-order valence-electron chi connectivity index (χ3n) is 3.17. The molecule has 0 aromatic carbocycles. The summed E-state index contributed by atoms with van der Waals surface area (Å²) >= 11 is 0. The average molecular weight is 386 g/mol. The van der Waals surface area contributed by atoms with Gasteiger partial charge in [0.1, 0.15) is 6.04 Å². The Bertz CT molecular complexity index is 592. The number of rotatable bonds is 10. The van der Waals surface area contributed by atoms with Crippen LogP contribution < -0.4 is 5.32 Å². The molecule has 0 aromatic heterocycles. The number of alkyl carbamates (subject to hydrolysis) is 1. The predicted octanol–water partition coefficient (Wildman–Crippen LogP) is 1.63. The lowest BCUT2D eigenvalue weighted by Crippen LogP contribution is -2.44. The van der Waals surface area contributed by atoms with Crippen LogP contribution in [0.25, 0.3) is 0 Å². The van der Waals surface area contributed by atoms with Crippen molar-refractivity contribution in [2.24, 2.45) is 5.41 Å². The van der Waals surface area contributed by atoms with Gasteiger partial charge >= 0.3 is 24.2 Å². The van der Waals surface area contributed by atoms with Gasteiger partial charge in [0.2, 0.25) is 12.1 Å². The fourth-order valence-electron chi connectivity index (χ4n) is 1.70. The van der Waals surface area contributed by atoms with Crippen molar-refractivity contribution in [2.45, 2.75) is 66.2 Å². The van der Waals surface area contributed by atoms with Crippen molar-refractivity contribution >= 4 is 30.0 Å². The first-order valence-electron chi connectivity index (χ1n) is 8.62. The highest BCUT2D eigenvalue weighted by atomic mass is 16.7. The molecule has 1 amide bonds. The topological polar surface area (TPSA) is 146 Å². The fraction of sp³-hybridized carbons (Fsp3) is 0.706. The van der Waals surface area contributed by atoms with Crippen molar-refractivity contribution in [3.8, 4) is 0 Å². The summed E-state index contributed by atoms with van der Waals surface area (Å²) in [5, 5.41) is 2.31. The first-order chi connectivity index (χ1) is 12.5. The molecule has 10 heteroatoms. The third-order valence-corrected chi connectivity index (χ3v) is 3.17. The molecule has 0 aliphatic carbocycles. The van der Waals surface area contributed by atoms with Crippen LogP contribution in [0.5, 0.6) is 0 Å². The van der Waals surface area contributed by atoms with E-state index >= 15 is 0 Å². The number of carbonyl (C=O) groups is 4. The maximum Gasteiger partial charge on any atom is 0.410 e. The number of esters is 2. The standard InChI is InChI=1S/C17H27N3O7/c1-6-13(26-15(23)17(3,4)5)27-16(24)20-12(14(22)25-7-2)9-8-11(21)10-19-18/h10,12-13,18H,6-9H2,1-5H3/p+1/t12-,13?/m0/s1. The molecule has 0 fully saturated rings. The quantitative estimate of drug-likeness (QED) is 0.191. The van der Waals surface area contributed by atoms with E-state index in [1.54, 1.807) is 34.6 Å². The van der Waals surface area contributed by atoms with E-state index in [0.717, 1.165) is 6.21 Å². The molecular formula is C17H28N3O7+. The van der Waals surface area contributed by atoms with Gasteiger partial charge in [-0.05, 0) is 34.1 Å². The minimum atomic E-state index is -1.13. The third kappa shape index (κ3) is 10.1. The van der Waals surface area contributed by atoms with Crippen molar-refractivity contribution in [2.75, 3.05) is 6.61 Å². The zero-order valence-electron chi connectivity index (χ0n) is 16.4. The molecule has 10 nitrogen and oxygen atoms in total. The van der Waals surface area contributed by atoms with Crippen LogP contribution in [0.4, 0.5) is 4.79 Å². The van der Waals surface area contributed by atoms with Crippen LogP contribution in [0.2, 0.25) is 0 Å². The average Bonchev–Trinajstić information content (AvgIpc) is 2.57. The first-order valence-corrected chi connectivity index (χ1v) is 8.62. The highest BCUT2D eigenvalue weighted by Crippen LogP contribution is 2.17. The number of Topliss-reactive ketones (excluding diaryl/α,β-unsaturated/α-hetero) is 1. The van der Waals surface area contributed by atoms with Crippen LogP contribution >= 0.6 is 0 Å². The lowest BCUT2D eigenvalue weighted by Gasteiger charge is -2.23. The van der Waals surface area contributed by atoms with E-state index in [1.807, 2.05) is 0 Å². The number of hydrogen-bond donors (Lipinski definition) is 2. The fourth-order valence-corrected chi connectivity index (χ4v) is 1.70. The highest BCUT2D eigenvalue weighted by molar-refractivity contribution is 6.25. The molecular weight excluding hydrogens is 358 g/mol. The molecule has 0 saturated carbocycles. The van der Waals surface area contributed by atoms with Crippen LogP contribution in [0.3, 0.4) is 0 Å². The summed E-state index contributed by atoms with van der Waals surface area (Å²) in [6.07, 6.45) is -1.25. The molecule has 0 rings (SSSR count). The maximum absolute atomic E-state index is 12.1. The molecule has 0 aromatic rings.